The van der Waals surface area contributed by atoms with E-state index < -0.39 is 0 Å². The van der Waals surface area contributed by atoms with Crippen LogP contribution in [-0.4, -0.2) is 25.8 Å². The molecule has 1 spiro atoms. The van der Waals surface area contributed by atoms with E-state index in [2.05, 4.69) is 30.4 Å². The summed E-state index contributed by atoms with van der Waals surface area (Å²) in [6, 6.07) is 6.56. The molecule has 3 heteroatoms. The lowest BCUT2D eigenvalue weighted by Gasteiger charge is -2.44. The zero-order valence-corrected chi connectivity index (χ0v) is 11.9. The Hall–Kier alpha value is -1.06. The smallest absolute Gasteiger partial charge is 0.126 e. The van der Waals surface area contributed by atoms with Crippen LogP contribution >= 0.6 is 0 Å². The number of ether oxygens (including phenoxy) is 2. The molecule has 1 saturated heterocycles. The maximum Gasteiger partial charge on any atom is 0.126 e. The number of rotatable bonds is 2. The van der Waals surface area contributed by atoms with Crippen LogP contribution in [0.1, 0.15) is 43.4 Å². The van der Waals surface area contributed by atoms with E-state index in [1.54, 1.807) is 0 Å². The Morgan fingerprint density at radius 1 is 1.37 bits per heavy atom. The van der Waals surface area contributed by atoms with Gasteiger partial charge in [-0.25, -0.2) is 0 Å². The predicted molar refractivity (Wildman–Crippen MR) is 75.6 cm³/mol. The van der Waals surface area contributed by atoms with E-state index in [0.717, 1.165) is 44.5 Å². The second kappa shape index (κ2) is 5.14. The van der Waals surface area contributed by atoms with Gasteiger partial charge in [0.2, 0.25) is 0 Å². The Morgan fingerprint density at radius 2 is 2.16 bits per heavy atom. The standard InChI is InChI=1S/C16H23NO2/c1-3-12-4-5-13-14(10-12)19-16(11-15(13)18-2)6-8-17-9-7-16/h4-5,10,15,17H,3,6-9,11H2,1-2H3. The van der Waals surface area contributed by atoms with Crippen molar-refractivity contribution < 1.29 is 9.47 Å². The number of aryl methyl sites for hydroxylation is 1. The second-order valence-corrected chi connectivity index (χ2v) is 5.69. The highest BCUT2D eigenvalue weighted by molar-refractivity contribution is 5.41. The van der Waals surface area contributed by atoms with Gasteiger partial charge < -0.3 is 14.8 Å². The molecule has 1 atom stereocenters. The first kappa shape index (κ1) is 12.9. The summed E-state index contributed by atoms with van der Waals surface area (Å²) in [5.74, 6) is 1.04. The molecule has 1 unspecified atom stereocenters. The number of fused-ring (bicyclic) bond motifs is 1. The van der Waals surface area contributed by atoms with Crippen molar-refractivity contribution in [1.82, 2.24) is 5.32 Å². The molecule has 0 radical (unpaired) electrons. The zero-order valence-electron chi connectivity index (χ0n) is 11.9. The fraction of sp³-hybridized carbons (Fsp3) is 0.625. The summed E-state index contributed by atoms with van der Waals surface area (Å²) in [4.78, 5) is 0. The van der Waals surface area contributed by atoms with Gasteiger partial charge >= 0.3 is 0 Å². The van der Waals surface area contributed by atoms with Crippen molar-refractivity contribution in [2.75, 3.05) is 20.2 Å². The van der Waals surface area contributed by atoms with Crippen LogP contribution in [0.5, 0.6) is 5.75 Å². The molecule has 1 aromatic rings. The first-order valence-electron chi connectivity index (χ1n) is 7.32. The van der Waals surface area contributed by atoms with Crippen LogP contribution in [0.3, 0.4) is 0 Å². The van der Waals surface area contributed by atoms with Gasteiger partial charge in [0.15, 0.2) is 0 Å². The summed E-state index contributed by atoms with van der Waals surface area (Å²) < 4.78 is 12.1. The zero-order chi connectivity index (χ0) is 13.3. The largest absolute Gasteiger partial charge is 0.487 e. The number of piperidine rings is 1. The third-order valence-corrected chi connectivity index (χ3v) is 4.52. The summed E-state index contributed by atoms with van der Waals surface area (Å²) in [5, 5.41) is 3.41. The minimum atomic E-state index is -0.0225. The van der Waals surface area contributed by atoms with Crippen molar-refractivity contribution in [2.24, 2.45) is 0 Å². The van der Waals surface area contributed by atoms with Crippen molar-refractivity contribution in [1.29, 1.82) is 0 Å². The normalized spacial score (nSPS) is 24.8. The highest BCUT2D eigenvalue weighted by Gasteiger charge is 2.41. The van der Waals surface area contributed by atoms with Crippen molar-refractivity contribution in [2.45, 2.75) is 44.3 Å². The fourth-order valence-corrected chi connectivity index (χ4v) is 3.27. The van der Waals surface area contributed by atoms with Crippen molar-refractivity contribution in [3.05, 3.63) is 29.3 Å². The third-order valence-electron chi connectivity index (χ3n) is 4.52. The SMILES string of the molecule is CCc1ccc2c(c1)OC1(CCNCC1)CC2OC. The molecule has 0 aromatic heterocycles. The summed E-state index contributed by atoms with van der Waals surface area (Å²) in [7, 11) is 1.81. The van der Waals surface area contributed by atoms with Gasteiger partial charge in [-0.3, -0.25) is 0 Å². The third kappa shape index (κ3) is 2.37. The van der Waals surface area contributed by atoms with Crippen LogP contribution in [-0.2, 0) is 11.2 Å². The quantitative estimate of drug-likeness (QED) is 0.888. The van der Waals surface area contributed by atoms with Crippen LogP contribution in [0.15, 0.2) is 18.2 Å². The molecule has 2 heterocycles. The Kier molecular flexibility index (Phi) is 3.50. The molecule has 2 aliphatic heterocycles. The van der Waals surface area contributed by atoms with Crippen LogP contribution in [0.25, 0.3) is 0 Å². The first-order valence-corrected chi connectivity index (χ1v) is 7.32. The molecule has 0 saturated carbocycles. The monoisotopic (exact) mass is 261 g/mol. The second-order valence-electron chi connectivity index (χ2n) is 5.69. The maximum atomic E-state index is 6.41. The van der Waals surface area contributed by atoms with E-state index in [1.165, 1.54) is 11.1 Å². The molecule has 0 amide bonds. The number of hydrogen-bond acceptors (Lipinski definition) is 3. The number of hydrogen-bond donors (Lipinski definition) is 1. The van der Waals surface area contributed by atoms with E-state index in [4.69, 9.17) is 9.47 Å². The lowest BCUT2D eigenvalue weighted by molar-refractivity contribution is -0.0479. The van der Waals surface area contributed by atoms with E-state index in [-0.39, 0.29) is 11.7 Å². The highest BCUT2D eigenvalue weighted by atomic mass is 16.5. The van der Waals surface area contributed by atoms with Gasteiger partial charge in [0.05, 0.1) is 6.10 Å². The lowest BCUT2D eigenvalue weighted by atomic mass is 9.82. The van der Waals surface area contributed by atoms with Gasteiger partial charge in [0.25, 0.3) is 0 Å². The van der Waals surface area contributed by atoms with Crippen LogP contribution in [0.4, 0.5) is 0 Å². The molecule has 1 aromatic carbocycles. The van der Waals surface area contributed by atoms with Crippen molar-refractivity contribution >= 4 is 0 Å². The number of methoxy groups -OCH3 is 1. The van der Waals surface area contributed by atoms with E-state index in [9.17, 15) is 0 Å². The number of nitrogens with one attached hydrogen (secondary N) is 1. The average Bonchev–Trinajstić information content (AvgIpc) is 2.46. The Labute approximate surface area is 115 Å². The molecule has 104 valence electrons. The molecule has 3 rings (SSSR count). The molecule has 0 aliphatic carbocycles. The van der Waals surface area contributed by atoms with Gasteiger partial charge in [0.1, 0.15) is 11.4 Å². The number of benzene rings is 1. The Bertz CT molecular complexity index is 452. The van der Waals surface area contributed by atoms with Gasteiger partial charge in [-0.05, 0) is 44.0 Å². The van der Waals surface area contributed by atoms with E-state index >= 15 is 0 Å². The fourth-order valence-electron chi connectivity index (χ4n) is 3.27. The topological polar surface area (TPSA) is 30.5 Å². The maximum absolute atomic E-state index is 6.41. The van der Waals surface area contributed by atoms with E-state index in [1.807, 2.05) is 7.11 Å². The van der Waals surface area contributed by atoms with Crippen molar-refractivity contribution in [3.63, 3.8) is 0 Å². The van der Waals surface area contributed by atoms with Crippen LogP contribution in [0, 0.1) is 0 Å². The first-order chi connectivity index (χ1) is 9.26. The van der Waals surface area contributed by atoms with Crippen LogP contribution < -0.4 is 10.1 Å². The van der Waals surface area contributed by atoms with E-state index in [0.29, 0.717) is 0 Å². The van der Waals surface area contributed by atoms with Gasteiger partial charge in [0, 0.05) is 19.1 Å². The predicted octanol–water partition coefficient (Wildman–Crippen LogP) is 2.84. The summed E-state index contributed by atoms with van der Waals surface area (Å²) in [6.07, 6.45) is 4.34. The average molecular weight is 261 g/mol. The minimum Gasteiger partial charge on any atom is -0.487 e. The molecule has 3 nitrogen and oxygen atoms in total. The molecule has 2 aliphatic rings. The highest BCUT2D eigenvalue weighted by Crippen LogP contribution is 2.45. The van der Waals surface area contributed by atoms with Gasteiger partial charge in [-0.15, -0.1) is 0 Å². The lowest BCUT2D eigenvalue weighted by Crippen LogP contribution is -2.49. The minimum absolute atomic E-state index is 0.0225. The Balaban J connectivity index is 1.95. The molecular formula is C16H23NO2. The summed E-state index contributed by atoms with van der Waals surface area (Å²) in [5.41, 5.74) is 2.52. The summed E-state index contributed by atoms with van der Waals surface area (Å²) >= 11 is 0. The molecule has 0 bridgehead atoms. The molecule has 1 N–H and O–H groups in total. The van der Waals surface area contributed by atoms with Crippen LogP contribution in [0.2, 0.25) is 0 Å². The van der Waals surface area contributed by atoms with Gasteiger partial charge in [-0.2, -0.15) is 0 Å². The Morgan fingerprint density at radius 3 is 2.84 bits per heavy atom. The molecule has 19 heavy (non-hydrogen) atoms. The summed E-state index contributed by atoms with van der Waals surface area (Å²) in [6.45, 7) is 4.26. The molecular weight excluding hydrogens is 238 g/mol. The van der Waals surface area contributed by atoms with Gasteiger partial charge in [-0.1, -0.05) is 19.1 Å². The van der Waals surface area contributed by atoms with Crippen molar-refractivity contribution in [3.8, 4) is 5.75 Å². The molecule has 1 fully saturated rings.